The predicted octanol–water partition coefficient (Wildman–Crippen LogP) is 4.28. The molecule has 0 saturated carbocycles. The lowest BCUT2D eigenvalue weighted by Crippen LogP contribution is -2.16. The number of carbonyl (C=O) groups excluding carboxylic acids is 1. The number of carbonyl (C=O) groups is 2. The number of amides is 1. The van der Waals surface area contributed by atoms with Crippen LogP contribution in [0.4, 0.5) is 5.69 Å². The number of aromatic amines is 1. The van der Waals surface area contributed by atoms with E-state index < -0.39 is 11.9 Å². The average Bonchev–Trinajstić information content (AvgIpc) is 3.01. The molecule has 0 fully saturated rings. The van der Waals surface area contributed by atoms with E-state index in [1.165, 1.54) is 12.1 Å². The van der Waals surface area contributed by atoms with Gasteiger partial charge in [-0.15, -0.1) is 0 Å². The molecular weight excluding hydrogens is 389 g/mol. The number of para-hydroxylation sites is 1. The molecule has 8 heteroatoms. The van der Waals surface area contributed by atoms with E-state index in [4.69, 9.17) is 28.9 Å². The molecule has 5 N–H and O–H groups in total. The lowest BCUT2D eigenvalue weighted by molar-refractivity contribution is -0.111. The Morgan fingerprint density at radius 3 is 2.59 bits per heavy atom. The highest BCUT2D eigenvalue weighted by Gasteiger charge is 2.25. The topological polar surface area (TPSA) is 108 Å². The van der Waals surface area contributed by atoms with Gasteiger partial charge in [-0.2, -0.15) is 0 Å². The van der Waals surface area contributed by atoms with Gasteiger partial charge in [0.1, 0.15) is 5.69 Å². The lowest BCUT2D eigenvalue weighted by atomic mass is 10.0. The summed E-state index contributed by atoms with van der Waals surface area (Å²) in [4.78, 5) is 27.2. The van der Waals surface area contributed by atoms with Gasteiger partial charge in [0.05, 0.1) is 5.02 Å². The van der Waals surface area contributed by atoms with Crippen LogP contribution in [0, 0.1) is 0 Å². The number of aromatic carboxylic acids is 1. The number of fused-ring (bicyclic) bond motifs is 1. The third-order valence-electron chi connectivity index (χ3n) is 4.09. The molecular formula is C19H15Cl2N3O3. The van der Waals surface area contributed by atoms with E-state index >= 15 is 0 Å². The number of hydrogen-bond acceptors (Lipinski definition) is 3. The maximum Gasteiger partial charge on any atom is 0.352 e. The van der Waals surface area contributed by atoms with Crippen LogP contribution in [0.1, 0.15) is 21.6 Å². The number of carboxylic acids is 1. The van der Waals surface area contributed by atoms with Crippen LogP contribution in [-0.4, -0.2) is 22.0 Å². The Morgan fingerprint density at radius 2 is 1.93 bits per heavy atom. The van der Waals surface area contributed by atoms with E-state index in [9.17, 15) is 14.7 Å². The fourth-order valence-corrected chi connectivity index (χ4v) is 3.43. The Balaban J connectivity index is 2.08. The summed E-state index contributed by atoms with van der Waals surface area (Å²) >= 11 is 12.2. The van der Waals surface area contributed by atoms with Gasteiger partial charge < -0.3 is 21.1 Å². The van der Waals surface area contributed by atoms with Crippen molar-refractivity contribution in [3.05, 3.63) is 69.8 Å². The fourth-order valence-electron chi connectivity index (χ4n) is 2.84. The second-order valence-electron chi connectivity index (χ2n) is 5.78. The van der Waals surface area contributed by atoms with Gasteiger partial charge in [-0.3, -0.25) is 4.79 Å². The van der Waals surface area contributed by atoms with Crippen LogP contribution >= 0.6 is 23.2 Å². The lowest BCUT2D eigenvalue weighted by Gasteiger charge is -2.12. The van der Waals surface area contributed by atoms with Crippen LogP contribution in [0.25, 0.3) is 16.5 Å². The number of benzene rings is 2. The van der Waals surface area contributed by atoms with Crippen molar-refractivity contribution in [1.29, 1.82) is 0 Å². The Morgan fingerprint density at radius 1 is 1.22 bits per heavy atom. The quantitative estimate of drug-likeness (QED) is 0.476. The Labute approximate surface area is 164 Å². The summed E-state index contributed by atoms with van der Waals surface area (Å²) in [5.74, 6) is -1.81. The van der Waals surface area contributed by atoms with Gasteiger partial charge in [-0.1, -0.05) is 48.0 Å². The summed E-state index contributed by atoms with van der Waals surface area (Å²) in [5, 5.41) is 13.2. The van der Waals surface area contributed by atoms with E-state index in [0.29, 0.717) is 21.6 Å². The minimum Gasteiger partial charge on any atom is -0.477 e. The van der Waals surface area contributed by atoms with Gasteiger partial charge in [0.25, 0.3) is 5.91 Å². The first-order valence-electron chi connectivity index (χ1n) is 7.86. The SMILES string of the molecule is C=C(C(=O)Nc1ccccc1CN)c1c(C(=O)O)[nH]c2cc(Cl)cc(Cl)c12. The second kappa shape index (κ2) is 7.44. The Bertz CT molecular complexity index is 1090. The molecule has 1 amide bonds. The number of anilines is 1. The molecule has 6 nitrogen and oxygen atoms in total. The molecule has 0 spiro atoms. The monoisotopic (exact) mass is 403 g/mol. The van der Waals surface area contributed by atoms with Crippen molar-refractivity contribution in [3.8, 4) is 0 Å². The van der Waals surface area contributed by atoms with Crippen molar-refractivity contribution in [3.63, 3.8) is 0 Å². The highest BCUT2D eigenvalue weighted by Crippen LogP contribution is 2.36. The number of halogens is 2. The Kier molecular flexibility index (Phi) is 5.23. The molecule has 0 unspecified atom stereocenters. The van der Waals surface area contributed by atoms with E-state index in [-0.39, 0.29) is 28.4 Å². The molecule has 3 rings (SSSR count). The van der Waals surface area contributed by atoms with Crippen molar-refractivity contribution in [1.82, 2.24) is 4.98 Å². The highest BCUT2D eigenvalue weighted by molar-refractivity contribution is 6.40. The molecule has 0 radical (unpaired) electrons. The van der Waals surface area contributed by atoms with Crippen molar-refractivity contribution < 1.29 is 14.7 Å². The zero-order valence-electron chi connectivity index (χ0n) is 14.0. The van der Waals surface area contributed by atoms with Crippen LogP contribution in [0.3, 0.4) is 0 Å². The van der Waals surface area contributed by atoms with Gasteiger partial charge in [0.2, 0.25) is 0 Å². The third kappa shape index (κ3) is 3.55. The first-order chi connectivity index (χ1) is 12.8. The van der Waals surface area contributed by atoms with E-state index in [0.717, 1.165) is 5.56 Å². The maximum absolute atomic E-state index is 12.7. The summed E-state index contributed by atoms with van der Waals surface area (Å²) in [6.45, 7) is 4.02. The number of rotatable bonds is 5. The molecule has 0 aliphatic rings. The molecule has 0 bridgehead atoms. The molecule has 3 aromatic rings. The van der Waals surface area contributed by atoms with Crippen LogP contribution < -0.4 is 11.1 Å². The normalized spacial score (nSPS) is 10.8. The number of H-pyrrole nitrogens is 1. The van der Waals surface area contributed by atoms with Crippen LogP contribution in [0.5, 0.6) is 0 Å². The zero-order chi connectivity index (χ0) is 19.7. The number of nitrogens with one attached hydrogen (secondary N) is 2. The highest BCUT2D eigenvalue weighted by atomic mass is 35.5. The smallest absolute Gasteiger partial charge is 0.352 e. The van der Waals surface area contributed by atoms with E-state index in [2.05, 4.69) is 16.9 Å². The first kappa shape index (κ1) is 19.0. The van der Waals surface area contributed by atoms with Crippen molar-refractivity contribution in [2.75, 3.05) is 5.32 Å². The molecule has 0 atom stereocenters. The van der Waals surface area contributed by atoms with Crippen LogP contribution in [0.15, 0.2) is 43.0 Å². The summed E-state index contributed by atoms with van der Waals surface area (Å²) in [6, 6.07) is 10.1. The molecule has 27 heavy (non-hydrogen) atoms. The molecule has 1 heterocycles. The number of carboxylic acid groups (broad SMARTS) is 1. The summed E-state index contributed by atoms with van der Waals surface area (Å²) in [6.07, 6.45) is 0. The van der Waals surface area contributed by atoms with Crippen LogP contribution in [0.2, 0.25) is 10.0 Å². The van der Waals surface area contributed by atoms with Gasteiger partial charge in [-0.25, -0.2) is 4.79 Å². The standard InChI is InChI=1S/C19H15Cl2N3O3/c1-9(18(25)24-13-5-3-2-4-10(13)8-22)15-16-12(21)6-11(20)7-14(16)23-17(15)19(26)27/h2-7,23H,1,8,22H2,(H,24,25)(H,26,27). The molecule has 0 aliphatic heterocycles. The van der Waals surface area contributed by atoms with E-state index in [1.54, 1.807) is 24.3 Å². The average molecular weight is 404 g/mol. The predicted molar refractivity (Wildman–Crippen MR) is 107 cm³/mol. The third-order valence-corrected chi connectivity index (χ3v) is 4.61. The van der Waals surface area contributed by atoms with Gasteiger partial charge in [0, 0.05) is 39.3 Å². The van der Waals surface area contributed by atoms with Crippen molar-refractivity contribution >= 4 is 57.2 Å². The molecule has 0 saturated heterocycles. The largest absolute Gasteiger partial charge is 0.477 e. The van der Waals surface area contributed by atoms with Gasteiger partial charge in [0.15, 0.2) is 0 Å². The minimum absolute atomic E-state index is 0.0466. The molecule has 0 aliphatic carbocycles. The molecule has 138 valence electrons. The van der Waals surface area contributed by atoms with Crippen molar-refractivity contribution in [2.45, 2.75) is 6.54 Å². The summed E-state index contributed by atoms with van der Waals surface area (Å²) in [7, 11) is 0. The molecule has 1 aromatic heterocycles. The second-order valence-corrected chi connectivity index (χ2v) is 6.63. The molecule has 2 aromatic carbocycles. The minimum atomic E-state index is -1.25. The van der Waals surface area contributed by atoms with Crippen molar-refractivity contribution in [2.24, 2.45) is 5.73 Å². The summed E-state index contributed by atoms with van der Waals surface area (Å²) in [5.41, 5.74) is 7.22. The van der Waals surface area contributed by atoms with Crippen LogP contribution in [-0.2, 0) is 11.3 Å². The number of hydrogen-bond donors (Lipinski definition) is 4. The summed E-state index contributed by atoms with van der Waals surface area (Å²) < 4.78 is 0. The Hall–Kier alpha value is -2.80. The number of aromatic nitrogens is 1. The fraction of sp³-hybridized carbons (Fsp3) is 0.0526. The number of nitrogens with two attached hydrogens (primary N) is 1. The zero-order valence-corrected chi connectivity index (χ0v) is 15.5. The van der Waals surface area contributed by atoms with Gasteiger partial charge >= 0.3 is 5.97 Å². The maximum atomic E-state index is 12.7. The first-order valence-corrected chi connectivity index (χ1v) is 8.61. The van der Waals surface area contributed by atoms with E-state index in [1.807, 2.05) is 0 Å². The van der Waals surface area contributed by atoms with Gasteiger partial charge in [-0.05, 0) is 23.8 Å².